The zero-order valence-corrected chi connectivity index (χ0v) is 14.4. The van der Waals surface area contributed by atoms with Crippen LogP contribution in [-0.2, 0) is 4.79 Å². The molecule has 1 saturated carbocycles. The van der Waals surface area contributed by atoms with Crippen LogP contribution in [0.1, 0.15) is 41.7 Å². The summed E-state index contributed by atoms with van der Waals surface area (Å²) in [4.78, 5) is 24.0. The molecule has 6 heteroatoms. The Kier molecular flexibility index (Phi) is 5.04. The quantitative estimate of drug-likeness (QED) is 0.834. The molecule has 2 aromatic carbocycles. The summed E-state index contributed by atoms with van der Waals surface area (Å²) < 4.78 is 13.1. The van der Waals surface area contributed by atoms with E-state index in [0.29, 0.717) is 0 Å². The van der Waals surface area contributed by atoms with Crippen LogP contribution in [0.4, 0.5) is 10.1 Å². The Hall–Kier alpha value is -2.40. The van der Waals surface area contributed by atoms with E-state index >= 15 is 0 Å². The highest BCUT2D eigenvalue weighted by molar-refractivity contribution is 6.33. The number of nitrogens with one attached hydrogen (secondary N) is 2. The Morgan fingerprint density at radius 2 is 1.84 bits per heavy atom. The average Bonchev–Trinajstić information content (AvgIpc) is 3.40. The summed E-state index contributed by atoms with van der Waals surface area (Å²) in [6.07, 6.45) is 1.91. The highest BCUT2D eigenvalue weighted by Gasteiger charge is 2.29. The zero-order chi connectivity index (χ0) is 18.0. The van der Waals surface area contributed by atoms with Crippen LogP contribution >= 0.6 is 11.6 Å². The molecule has 0 radical (unpaired) electrons. The first-order valence-electron chi connectivity index (χ1n) is 8.11. The molecule has 1 aliphatic carbocycles. The molecular weight excluding hydrogens is 343 g/mol. The molecule has 0 saturated heterocycles. The lowest BCUT2D eigenvalue weighted by molar-refractivity contribution is -0.117. The summed E-state index contributed by atoms with van der Waals surface area (Å²) in [5, 5.41) is 5.77. The summed E-state index contributed by atoms with van der Waals surface area (Å²) in [5.41, 5.74) is 1.85. The Balaban J connectivity index is 1.63. The lowest BCUT2D eigenvalue weighted by atomic mass is 10.1. The smallest absolute Gasteiger partial charge is 0.253 e. The van der Waals surface area contributed by atoms with E-state index in [2.05, 4.69) is 10.6 Å². The molecular formula is C19H18ClFN2O2. The van der Waals surface area contributed by atoms with E-state index in [1.807, 2.05) is 31.2 Å². The molecule has 0 bridgehead atoms. The molecule has 4 nitrogen and oxygen atoms in total. The Bertz CT molecular complexity index is 804. The highest BCUT2D eigenvalue weighted by atomic mass is 35.5. The van der Waals surface area contributed by atoms with Crippen LogP contribution < -0.4 is 10.6 Å². The molecule has 0 aromatic heterocycles. The first kappa shape index (κ1) is 17.4. The molecule has 1 atom stereocenters. The number of amides is 2. The molecule has 25 heavy (non-hydrogen) atoms. The third kappa shape index (κ3) is 4.37. The van der Waals surface area contributed by atoms with Gasteiger partial charge in [0.2, 0.25) is 5.91 Å². The number of anilines is 1. The third-order valence-corrected chi connectivity index (χ3v) is 4.46. The predicted molar refractivity (Wildman–Crippen MR) is 95.1 cm³/mol. The maximum atomic E-state index is 13.1. The largest absolute Gasteiger partial charge is 0.345 e. The van der Waals surface area contributed by atoms with Gasteiger partial charge in [0.05, 0.1) is 16.6 Å². The number of carbonyl (C=O) groups excluding carboxylic acids is 2. The van der Waals surface area contributed by atoms with E-state index in [9.17, 15) is 14.0 Å². The number of carbonyl (C=O) groups is 2. The second kappa shape index (κ2) is 7.23. The highest BCUT2D eigenvalue weighted by Crippen LogP contribution is 2.30. The normalized spacial score (nSPS) is 14.7. The van der Waals surface area contributed by atoms with Gasteiger partial charge in [-0.15, -0.1) is 0 Å². The molecule has 2 amide bonds. The molecule has 130 valence electrons. The molecule has 1 unspecified atom stereocenters. The molecule has 0 spiro atoms. The summed E-state index contributed by atoms with van der Waals surface area (Å²) in [5.74, 6) is -0.652. The van der Waals surface area contributed by atoms with E-state index in [1.54, 1.807) is 0 Å². The van der Waals surface area contributed by atoms with Gasteiger partial charge in [-0.05, 0) is 55.7 Å². The summed E-state index contributed by atoms with van der Waals surface area (Å²) in [6, 6.07) is 10.7. The maximum Gasteiger partial charge on any atom is 0.253 e. The molecule has 1 aliphatic rings. The maximum absolute atomic E-state index is 13.1. The Labute approximate surface area is 150 Å². The molecule has 0 aliphatic heterocycles. The minimum atomic E-state index is -0.488. The van der Waals surface area contributed by atoms with Gasteiger partial charge in [-0.1, -0.05) is 23.7 Å². The van der Waals surface area contributed by atoms with Gasteiger partial charge in [-0.3, -0.25) is 9.59 Å². The average molecular weight is 361 g/mol. The van der Waals surface area contributed by atoms with Crippen LogP contribution in [0.15, 0.2) is 42.5 Å². The van der Waals surface area contributed by atoms with Crippen molar-refractivity contribution in [3.63, 3.8) is 0 Å². The first-order chi connectivity index (χ1) is 11.9. The summed E-state index contributed by atoms with van der Waals surface area (Å²) in [7, 11) is 0. The van der Waals surface area contributed by atoms with Crippen molar-refractivity contribution >= 4 is 29.1 Å². The van der Waals surface area contributed by atoms with Gasteiger partial charge in [0.1, 0.15) is 5.82 Å². The lowest BCUT2D eigenvalue weighted by Gasteiger charge is -2.15. The monoisotopic (exact) mass is 360 g/mol. The number of hydrogen-bond donors (Lipinski definition) is 2. The molecule has 3 rings (SSSR count). The molecule has 2 aromatic rings. The van der Waals surface area contributed by atoms with Crippen molar-refractivity contribution in [1.29, 1.82) is 0 Å². The van der Waals surface area contributed by atoms with Crippen molar-refractivity contribution in [2.24, 2.45) is 5.92 Å². The van der Waals surface area contributed by atoms with Gasteiger partial charge in [-0.2, -0.15) is 0 Å². The fourth-order valence-electron chi connectivity index (χ4n) is 2.48. The topological polar surface area (TPSA) is 58.2 Å². The van der Waals surface area contributed by atoms with Crippen molar-refractivity contribution < 1.29 is 14.0 Å². The first-order valence-corrected chi connectivity index (χ1v) is 8.48. The number of hydrogen-bond acceptors (Lipinski definition) is 2. The summed E-state index contributed by atoms with van der Waals surface area (Å²) in [6.45, 7) is 1.84. The Morgan fingerprint density at radius 1 is 1.16 bits per heavy atom. The van der Waals surface area contributed by atoms with Crippen LogP contribution in [-0.4, -0.2) is 11.8 Å². The van der Waals surface area contributed by atoms with Crippen molar-refractivity contribution in [2.45, 2.75) is 25.8 Å². The van der Waals surface area contributed by atoms with Gasteiger partial charge < -0.3 is 10.6 Å². The number of benzene rings is 2. The predicted octanol–water partition coefficient (Wildman–Crippen LogP) is 4.32. The van der Waals surface area contributed by atoms with Crippen molar-refractivity contribution in [3.8, 4) is 0 Å². The van der Waals surface area contributed by atoms with Crippen LogP contribution in [0, 0.1) is 11.7 Å². The zero-order valence-electron chi connectivity index (χ0n) is 13.7. The fraction of sp³-hybridized carbons (Fsp3) is 0.263. The van der Waals surface area contributed by atoms with Gasteiger partial charge in [-0.25, -0.2) is 4.39 Å². The second-order valence-electron chi connectivity index (χ2n) is 6.20. The van der Waals surface area contributed by atoms with E-state index in [-0.39, 0.29) is 34.4 Å². The Morgan fingerprint density at radius 3 is 2.44 bits per heavy atom. The van der Waals surface area contributed by atoms with Gasteiger partial charge in [0.15, 0.2) is 0 Å². The van der Waals surface area contributed by atoms with Crippen molar-refractivity contribution in [2.75, 3.05) is 5.32 Å². The number of halogens is 2. The van der Waals surface area contributed by atoms with Crippen molar-refractivity contribution in [1.82, 2.24) is 5.32 Å². The van der Waals surface area contributed by atoms with Crippen molar-refractivity contribution in [3.05, 3.63) is 64.4 Å². The van der Waals surface area contributed by atoms with E-state index in [1.165, 1.54) is 12.1 Å². The summed E-state index contributed by atoms with van der Waals surface area (Å²) >= 11 is 5.91. The molecule has 0 heterocycles. The molecule has 1 fully saturated rings. The lowest BCUT2D eigenvalue weighted by Crippen LogP contribution is -2.27. The van der Waals surface area contributed by atoms with E-state index in [0.717, 1.165) is 30.2 Å². The van der Waals surface area contributed by atoms with Gasteiger partial charge in [0.25, 0.3) is 5.91 Å². The minimum absolute atomic E-state index is 0.0556. The SMILES string of the molecule is CC(NC(=O)c1ccc(F)cc1Cl)c1ccc(NC(=O)C2CC2)cc1. The number of rotatable bonds is 5. The molecule has 2 N–H and O–H groups in total. The second-order valence-corrected chi connectivity index (χ2v) is 6.61. The van der Waals surface area contributed by atoms with Crippen LogP contribution in [0.2, 0.25) is 5.02 Å². The van der Waals surface area contributed by atoms with Crippen LogP contribution in [0.25, 0.3) is 0 Å². The van der Waals surface area contributed by atoms with E-state index in [4.69, 9.17) is 11.6 Å². The van der Waals surface area contributed by atoms with Gasteiger partial charge >= 0.3 is 0 Å². The third-order valence-electron chi connectivity index (χ3n) is 4.15. The fourth-order valence-corrected chi connectivity index (χ4v) is 2.73. The van der Waals surface area contributed by atoms with Crippen LogP contribution in [0.5, 0.6) is 0 Å². The van der Waals surface area contributed by atoms with Gasteiger partial charge in [0, 0.05) is 11.6 Å². The minimum Gasteiger partial charge on any atom is -0.345 e. The van der Waals surface area contributed by atoms with E-state index < -0.39 is 5.82 Å². The van der Waals surface area contributed by atoms with Crippen LogP contribution in [0.3, 0.4) is 0 Å². The standard InChI is InChI=1S/C19H18ClFN2O2/c1-11(22-19(25)16-9-6-14(21)10-17(16)20)12-4-7-15(8-5-12)23-18(24)13-2-3-13/h4-11,13H,2-3H2,1H3,(H,22,25)(H,23,24).